The number of nitrogens with zero attached hydrogens (tertiary/aromatic N) is 1. The summed E-state index contributed by atoms with van der Waals surface area (Å²) in [7, 11) is -2.77. The Labute approximate surface area is 229 Å². The molecule has 0 bridgehead atoms. The van der Waals surface area contributed by atoms with Gasteiger partial charge in [-0.05, 0) is 0 Å². The fraction of sp³-hybridized carbons (Fsp3) is 0.567. The van der Waals surface area contributed by atoms with Crippen LogP contribution in [0.2, 0.25) is 24.3 Å². The Bertz CT molecular complexity index is 988. The fourth-order valence-electron chi connectivity index (χ4n) is 5.71. The van der Waals surface area contributed by atoms with Crippen LogP contribution in [0.25, 0.3) is 0 Å². The van der Waals surface area contributed by atoms with E-state index in [0.29, 0.717) is 6.61 Å². The molecule has 3 atom stereocenters. The molecule has 3 rings (SSSR count). The molecular formula is C30H47NO4SiSn. The van der Waals surface area contributed by atoms with Crippen LogP contribution in [0, 0.1) is 5.92 Å². The van der Waals surface area contributed by atoms with Gasteiger partial charge in [0.2, 0.25) is 0 Å². The van der Waals surface area contributed by atoms with Crippen molar-refractivity contribution in [3.05, 3.63) is 60.7 Å². The Kier molecular flexibility index (Phi) is 9.30. The maximum atomic E-state index is 13.4. The van der Waals surface area contributed by atoms with Gasteiger partial charge in [0.15, 0.2) is 0 Å². The van der Waals surface area contributed by atoms with Crippen molar-refractivity contribution in [2.45, 2.75) is 90.1 Å². The summed E-state index contributed by atoms with van der Waals surface area (Å²) in [5, 5.41) is 13.6. The van der Waals surface area contributed by atoms with Crippen LogP contribution in [0.3, 0.4) is 0 Å². The summed E-state index contributed by atoms with van der Waals surface area (Å²) in [5.41, 5.74) is -0.637. The van der Waals surface area contributed by atoms with Crippen LogP contribution in [-0.2, 0) is 9.16 Å². The zero-order chi connectivity index (χ0) is 27.6. The Balaban J connectivity index is 2.02. The molecule has 7 heteroatoms. The number of amides is 1. The number of aliphatic hydroxyl groups is 1. The molecule has 1 fully saturated rings. The molecule has 1 heterocycles. The van der Waals surface area contributed by atoms with Crippen LogP contribution in [-0.4, -0.2) is 67.3 Å². The summed E-state index contributed by atoms with van der Waals surface area (Å²) in [6.07, 6.45) is -0.575. The van der Waals surface area contributed by atoms with Gasteiger partial charge in [-0.1, -0.05) is 0 Å². The van der Waals surface area contributed by atoms with E-state index in [2.05, 4.69) is 84.1 Å². The summed E-state index contributed by atoms with van der Waals surface area (Å²) in [6.45, 7) is 12.7. The monoisotopic (exact) mass is 633 g/mol. The number of carbonyl (C=O) groups is 1. The summed E-state index contributed by atoms with van der Waals surface area (Å²) >= 11 is -2.24. The number of rotatable bonds is 7. The Morgan fingerprint density at radius 3 is 1.84 bits per heavy atom. The van der Waals surface area contributed by atoms with Gasteiger partial charge in [-0.2, -0.15) is 0 Å². The van der Waals surface area contributed by atoms with E-state index in [-0.39, 0.29) is 17.0 Å². The molecule has 0 radical (unpaired) electrons. The number of hydrogen-bond donors (Lipinski definition) is 1. The standard InChI is InChI=1S/C27H38NO4Si.3CH3.Sn/c1-20-18-21(28(24(20)29)25(30)32-26(2,3)4)19-31-33(27(5,6)7,22-14-10-8-11-15-22)23-16-12-9-13-17-23;;;;/h8-17,20-21,24,29H,1,18-19H2,2-7H3;3*1H3;/t20-,21+,24?;;;;/m1..../s1. The third kappa shape index (κ3) is 7.19. The summed E-state index contributed by atoms with van der Waals surface area (Å²) in [4.78, 5) is 22.1. The van der Waals surface area contributed by atoms with E-state index >= 15 is 0 Å². The quantitative estimate of drug-likeness (QED) is 0.390. The minimum absolute atomic E-state index is 0.0519. The van der Waals surface area contributed by atoms with Gasteiger partial charge in [0.25, 0.3) is 0 Å². The number of carbonyl (C=O) groups excluding carboxylic acids is 1. The minimum atomic E-state index is -2.77. The van der Waals surface area contributed by atoms with Gasteiger partial charge >= 0.3 is 230 Å². The molecule has 0 saturated carbocycles. The SMILES string of the molecule is CC(C)(C)OC(=O)N1C(O)[C@H]([CH2][Sn]([CH3])([CH3])[CH3])C[C@H]1CO[Si](c1ccccc1)(c1ccccc1)C(C)(C)C. The number of benzene rings is 2. The van der Waals surface area contributed by atoms with Crippen LogP contribution < -0.4 is 10.4 Å². The first kappa shape index (κ1) is 30.2. The second kappa shape index (κ2) is 11.4. The number of ether oxygens (including phenoxy) is 1. The molecule has 37 heavy (non-hydrogen) atoms. The van der Waals surface area contributed by atoms with E-state index in [1.54, 1.807) is 4.90 Å². The van der Waals surface area contributed by atoms with Crippen molar-refractivity contribution in [2.75, 3.05) is 6.61 Å². The predicted molar refractivity (Wildman–Crippen MR) is 158 cm³/mol. The first-order valence-corrected chi connectivity index (χ1v) is 26.0. The zero-order valence-electron chi connectivity index (χ0n) is 24.2. The van der Waals surface area contributed by atoms with E-state index < -0.39 is 44.6 Å². The van der Waals surface area contributed by atoms with E-state index in [1.165, 1.54) is 10.4 Å². The van der Waals surface area contributed by atoms with Crippen LogP contribution in [0.4, 0.5) is 4.79 Å². The molecule has 1 unspecified atom stereocenters. The molecule has 1 aliphatic rings. The van der Waals surface area contributed by atoms with Crippen molar-refractivity contribution < 1.29 is 19.1 Å². The van der Waals surface area contributed by atoms with Crippen molar-refractivity contribution in [1.29, 1.82) is 0 Å². The number of aliphatic hydroxyl groups excluding tert-OH is 1. The predicted octanol–water partition coefficient (Wildman–Crippen LogP) is 5.85. The first-order chi connectivity index (χ1) is 17.1. The van der Waals surface area contributed by atoms with Crippen LogP contribution in [0.15, 0.2) is 60.7 Å². The van der Waals surface area contributed by atoms with Crippen molar-refractivity contribution in [1.82, 2.24) is 4.90 Å². The van der Waals surface area contributed by atoms with Crippen molar-refractivity contribution in [3.8, 4) is 0 Å². The number of likely N-dealkylation sites (tertiary alicyclic amines) is 1. The molecule has 0 aromatic heterocycles. The van der Waals surface area contributed by atoms with Crippen LogP contribution in [0.1, 0.15) is 48.0 Å². The summed E-state index contributed by atoms with van der Waals surface area (Å²) in [6, 6.07) is 20.8. The second-order valence-electron chi connectivity index (χ2n) is 13.7. The van der Waals surface area contributed by atoms with Gasteiger partial charge in [-0.25, -0.2) is 0 Å². The van der Waals surface area contributed by atoms with E-state index in [9.17, 15) is 9.90 Å². The molecule has 1 saturated heterocycles. The van der Waals surface area contributed by atoms with Crippen LogP contribution in [0.5, 0.6) is 0 Å². The average Bonchev–Trinajstić information content (AvgIpc) is 3.07. The van der Waals surface area contributed by atoms with Gasteiger partial charge in [0.1, 0.15) is 0 Å². The second-order valence-corrected chi connectivity index (χ2v) is 33.8. The van der Waals surface area contributed by atoms with Crippen molar-refractivity contribution in [2.24, 2.45) is 5.92 Å². The fourth-order valence-corrected chi connectivity index (χ4v) is 15.9. The van der Waals surface area contributed by atoms with E-state index in [0.717, 1.165) is 10.9 Å². The van der Waals surface area contributed by atoms with Crippen LogP contribution >= 0.6 is 0 Å². The van der Waals surface area contributed by atoms with Gasteiger partial charge in [0.05, 0.1) is 0 Å². The normalized spacial score (nSPS) is 21.2. The molecule has 5 nitrogen and oxygen atoms in total. The van der Waals surface area contributed by atoms with Gasteiger partial charge in [-0.15, -0.1) is 0 Å². The molecule has 2 aromatic rings. The third-order valence-corrected chi connectivity index (χ3v) is 17.1. The molecule has 2 aromatic carbocycles. The Morgan fingerprint density at radius 2 is 1.43 bits per heavy atom. The zero-order valence-corrected chi connectivity index (χ0v) is 28.1. The molecule has 1 amide bonds. The van der Waals surface area contributed by atoms with Crippen molar-refractivity contribution >= 4 is 43.2 Å². The van der Waals surface area contributed by atoms with E-state index in [1.807, 2.05) is 32.9 Å². The Morgan fingerprint density at radius 1 is 0.946 bits per heavy atom. The van der Waals surface area contributed by atoms with Crippen molar-refractivity contribution in [3.63, 3.8) is 0 Å². The molecule has 0 spiro atoms. The van der Waals surface area contributed by atoms with Gasteiger partial charge in [-0.3, -0.25) is 0 Å². The maximum absolute atomic E-state index is 13.4. The van der Waals surface area contributed by atoms with Gasteiger partial charge in [0, 0.05) is 0 Å². The van der Waals surface area contributed by atoms with Gasteiger partial charge < -0.3 is 0 Å². The molecular weight excluding hydrogens is 585 g/mol. The summed E-state index contributed by atoms with van der Waals surface area (Å²) in [5.74, 6) is 0.0519. The topological polar surface area (TPSA) is 59.0 Å². The molecule has 1 N–H and O–H groups in total. The average molecular weight is 633 g/mol. The summed E-state index contributed by atoms with van der Waals surface area (Å²) < 4.78 is 14.0. The third-order valence-electron chi connectivity index (χ3n) is 7.06. The molecule has 1 aliphatic heterocycles. The molecule has 204 valence electrons. The molecule has 0 aliphatic carbocycles. The Hall–Kier alpha value is -1.35. The first-order valence-electron chi connectivity index (χ1n) is 13.5. The number of hydrogen-bond acceptors (Lipinski definition) is 4. The van der Waals surface area contributed by atoms with E-state index in [4.69, 9.17) is 9.16 Å².